The molecule has 0 fully saturated rings. The molecule has 0 radical (unpaired) electrons. The Kier molecular flexibility index (Phi) is 12.1. The van der Waals surface area contributed by atoms with Crippen molar-refractivity contribution in [3.8, 4) is 0 Å². The molecule has 0 spiro atoms. The van der Waals surface area contributed by atoms with Crippen LogP contribution < -0.4 is 11.1 Å². The van der Waals surface area contributed by atoms with Gasteiger partial charge >= 0.3 is 12.4 Å². The summed E-state index contributed by atoms with van der Waals surface area (Å²) in [5.74, 6) is -1.97. The summed E-state index contributed by atoms with van der Waals surface area (Å²) in [4.78, 5) is 23.3. The molecule has 0 aromatic carbocycles. The Balaban J connectivity index is 0.00000139. The second kappa shape index (κ2) is 12.8. The van der Waals surface area contributed by atoms with Gasteiger partial charge in [-0.2, -0.15) is 17.2 Å². The Morgan fingerprint density at radius 3 is 2.24 bits per heavy atom. The number of alkyl halides is 2. The minimum Gasteiger partial charge on any atom is -0.463 e. The van der Waals surface area contributed by atoms with E-state index in [9.17, 15) is 26.8 Å². The lowest BCUT2D eigenvalue weighted by atomic mass is 9.88. The highest BCUT2D eigenvalue weighted by Crippen LogP contribution is 2.24. The van der Waals surface area contributed by atoms with Gasteiger partial charge in [0.25, 0.3) is 16.0 Å². The predicted octanol–water partition coefficient (Wildman–Crippen LogP) is 1.03. The van der Waals surface area contributed by atoms with Crippen molar-refractivity contribution in [1.82, 2.24) is 5.32 Å². The Labute approximate surface area is 169 Å². The van der Waals surface area contributed by atoms with Crippen LogP contribution in [0.15, 0.2) is 11.6 Å². The zero-order valence-electron chi connectivity index (χ0n) is 16.9. The van der Waals surface area contributed by atoms with Gasteiger partial charge in [0.2, 0.25) is 0 Å². The number of amides is 1. The van der Waals surface area contributed by atoms with E-state index in [4.69, 9.17) is 19.8 Å². The molecule has 170 valence electrons. The van der Waals surface area contributed by atoms with Crippen molar-refractivity contribution in [2.75, 3.05) is 12.9 Å². The third kappa shape index (κ3) is 11.2. The molecule has 3 unspecified atom stereocenters. The average molecular weight is 444 g/mol. The highest BCUT2D eigenvalue weighted by Gasteiger charge is 2.36. The van der Waals surface area contributed by atoms with Crippen LogP contribution in [0.4, 0.5) is 8.78 Å². The zero-order chi connectivity index (χ0) is 22.8. The van der Waals surface area contributed by atoms with E-state index in [0.29, 0.717) is 6.26 Å². The first kappa shape index (κ1) is 27.4. The predicted molar refractivity (Wildman–Crippen MR) is 102 cm³/mol. The van der Waals surface area contributed by atoms with Gasteiger partial charge in [0.1, 0.15) is 0 Å². The molecule has 12 heteroatoms. The lowest BCUT2D eigenvalue weighted by Gasteiger charge is -2.36. The summed E-state index contributed by atoms with van der Waals surface area (Å²) in [7, 11) is -3.67. The maximum Gasteiger partial charge on any atom is 0.333 e. The van der Waals surface area contributed by atoms with Crippen LogP contribution in [-0.4, -0.2) is 68.4 Å². The van der Waals surface area contributed by atoms with Crippen molar-refractivity contribution in [3.05, 3.63) is 11.6 Å². The fourth-order valence-electron chi connectivity index (χ4n) is 2.58. The topological polar surface area (TPSA) is 145 Å². The number of halogens is 2. The number of esters is 1. The molecule has 1 rings (SSSR count). The molecule has 0 aromatic rings. The zero-order valence-corrected chi connectivity index (χ0v) is 17.7. The van der Waals surface area contributed by atoms with Crippen LogP contribution in [0.3, 0.4) is 0 Å². The molecule has 0 saturated carbocycles. The van der Waals surface area contributed by atoms with Gasteiger partial charge in [0, 0.05) is 12.0 Å². The summed E-state index contributed by atoms with van der Waals surface area (Å²) in [6, 6.07) is -1.55. The van der Waals surface area contributed by atoms with Gasteiger partial charge in [-0.25, -0.2) is 4.79 Å². The molecule has 4 N–H and O–H groups in total. The molecule has 1 amide bonds. The average Bonchev–Trinajstić information content (AvgIpc) is 2.60. The maximum absolute atomic E-state index is 12.5. The van der Waals surface area contributed by atoms with Crippen LogP contribution in [0.25, 0.3) is 0 Å². The summed E-state index contributed by atoms with van der Waals surface area (Å²) in [6.07, 6.45) is -0.0728. The van der Waals surface area contributed by atoms with Crippen molar-refractivity contribution in [1.29, 1.82) is 0 Å². The molecule has 0 saturated heterocycles. The summed E-state index contributed by atoms with van der Waals surface area (Å²) >= 11 is 0. The molecule has 0 aliphatic heterocycles. The van der Waals surface area contributed by atoms with Crippen LogP contribution in [0.5, 0.6) is 0 Å². The van der Waals surface area contributed by atoms with E-state index in [1.54, 1.807) is 13.0 Å². The first-order valence-corrected chi connectivity index (χ1v) is 11.0. The smallest absolute Gasteiger partial charge is 0.333 e. The lowest BCUT2D eigenvalue weighted by molar-refractivity contribution is -0.139. The molecule has 1 aliphatic carbocycles. The van der Waals surface area contributed by atoms with Gasteiger partial charge in [-0.15, -0.1) is 0 Å². The summed E-state index contributed by atoms with van der Waals surface area (Å²) in [6.45, 7) is 5.76. The van der Waals surface area contributed by atoms with Gasteiger partial charge in [0.15, 0.2) is 0 Å². The summed E-state index contributed by atoms with van der Waals surface area (Å²) in [5, 5.41) is 2.19. The lowest BCUT2D eigenvalue weighted by Crippen LogP contribution is -2.57. The van der Waals surface area contributed by atoms with E-state index < -0.39 is 46.6 Å². The van der Waals surface area contributed by atoms with Gasteiger partial charge in [-0.05, 0) is 25.8 Å². The number of nitrogens with two attached hydrogens (primary N) is 1. The Morgan fingerprint density at radius 2 is 1.83 bits per heavy atom. The Bertz CT molecular complexity index is 659. The quantitative estimate of drug-likeness (QED) is 0.372. The van der Waals surface area contributed by atoms with Gasteiger partial charge < -0.3 is 20.5 Å². The fraction of sp³-hybridized carbons (Fsp3) is 0.765. The van der Waals surface area contributed by atoms with Crippen molar-refractivity contribution in [3.63, 3.8) is 0 Å². The number of nitrogens with one attached hydrogen (secondary N) is 1. The van der Waals surface area contributed by atoms with Crippen molar-refractivity contribution >= 4 is 22.0 Å². The van der Waals surface area contributed by atoms with Crippen LogP contribution in [0.1, 0.15) is 40.0 Å². The van der Waals surface area contributed by atoms with Crippen LogP contribution in [0, 0.1) is 0 Å². The standard InChI is InChI=1S/C16H26F2N2O4.CH4O3S/c1-4-10(5-2)24-12-8-9(16(22)23-6-3)7-11(13(12)19)20-15(21)14(17)18;1-5(2,3)4/h8,10-14H,4-7,19H2,1-3H3,(H,20,21);1H3,(H,2,3,4). The van der Waals surface area contributed by atoms with Crippen LogP contribution in [0.2, 0.25) is 0 Å². The van der Waals surface area contributed by atoms with Crippen molar-refractivity contribution in [2.45, 2.75) is 70.8 Å². The number of carbonyl (C=O) groups excluding carboxylic acids is 2. The minimum atomic E-state index is -3.67. The first-order chi connectivity index (χ1) is 13.3. The molecule has 29 heavy (non-hydrogen) atoms. The second-order valence-corrected chi connectivity index (χ2v) is 7.85. The number of ether oxygens (including phenoxy) is 2. The Morgan fingerprint density at radius 1 is 1.31 bits per heavy atom. The van der Waals surface area contributed by atoms with E-state index in [0.717, 1.165) is 12.8 Å². The van der Waals surface area contributed by atoms with Gasteiger partial charge in [-0.1, -0.05) is 13.8 Å². The first-order valence-electron chi connectivity index (χ1n) is 9.13. The monoisotopic (exact) mass is 444 g/mol. The molecule has 9 nitrogen and oxygen atoms in total. The third-order valence-corrected chi connectivity index (χ3v) is 3.97. The summed E-state index contributed by atoms with van der Waals surface area (Å²) in [5.41, 5.74) is 6.36. The molecule has 3 atom stereocenters. The van der Waals surface area contributed by atoms with Crippen molar-refractivity contribution < 1.29 is 40.8 Å². The van der Waals surface area contributed by atoms with Gasteiger partial charge in [0.05, 0.1) is 37.2 Å². The molecule has 0 aromatic heterocycles. The van der Waals surface area contributed by atoms with Crippen LogP contribution >= 0.6 is 0 Å². The SMILES string of the molecule is CCOC(=O)C1=CC(OC(CC)CC)C(N)C(NC(=O)C(F)F)C1.CS(=O)(=O)O. The number of carbonyl (C=O) groups is 2. The molecule has 0 bridgehead atoms. The molecule has 1 aliphatic rings. The molecular weight excluding hydrogens is 414 g/mol. The normalized spacial score (nSPS) is 21.9. The van der Waals surface area contributed by atoms with Crippen molar-refractivity contribution in [2.24, 2.45) is 5.73 Å². The second-order valence-electron chi connectivity index (χ2n) is 6.38. The van der Waals surface area contributed by atoms with E-state index in [-0.39, 0.29) is 24.7 Å². The Hall–Kier alpha value is -1.63. The molecule has 0 heterocycles. The maximum atomic E-state index is 12.5. The minimum absolute atomic E-state index is 0.0290. The van der Waals surface area contributed by atoms with E-state index in [1.807, 2.05) is 13.8 Å². The van der Waals surface area contributed by atoms with E-state index in [1.165, 1.54) is 0 Å². The highest BCUT2D eigenvalue weighted by atomic mass is 32.2. The van der Waals surface area contributed by atoms with E-state index in [2.05, 4.69) is 5.32 Å². The molecular formula is C17H30F2N2O7S. The highest BCUT2D eigenvalue weighted by molar-refractivity contribution is 7.85. The number of hydrogen-bond acceptors (Lipinski definition) is 7. The van der Waals surface area contributed by atoms with Crippen LogP contribution in [-0.2, 0) is 29.2 Å². The summed E-state index contributed by atoms with van der Waals surface area (Å²) < 4.78 is 61.7. The number of hydrogen-bond donors (Lipinski definition) is 3. The van der Waals surface area contributed by atoms with Gasteiger partial charge in [-0.3, -0.25) is 9.35 Å². The third-order valence-electron chi connectivity index (χ3n) is 3.97. The van der Waals surface area contributed by atoms with E-state index >= 15 is 0 Å². The fourth-order valence-corrected chi connectivity index (χ4v) is 2.58. The number of rotatable bonds is 8. The largest absolute Gasteiger partial charge is 0.463 e.